The summed E-state index contributed by atoms with van der Waals surface area (Å²) in [7, 11) is -3.53. The van der Waals surface area contributed by atoms with Crippen LogP contribution < -0.4 is 0 Å². The highest BCUT2D eigenvalue weighted by Crippen LogP contribution is 2.28. The number of benzene rings is 1. The van der Waals surface area contributed by atoms with Gasteiger partial charge >= 0.3 is 0 Å². The first-order chi connectivity index (χ1) is 10.9. The number of hydrogen-bond acceptors (Lipinski definition) is 5. The van der Waals surface area contributed by atoms with E-state index in [4.69, 9.17) is 0 Å². The summed E-state index contributed by atoms with van der Waals surface area (Å²) in [5.41, 5.74) is 1.91. The van der Waals surface area contributed by atoms with Gasteiger partial charge in [-0.15, -0.1) is 0 Å². The maximum atomic E-state index is 12.2. The normalized spacial score (nSPS) is 20.5. The lowest BCUT2D eigenvalue weighted by Crippen LogP contribution is -2.61. The smallest absolute Gasteiger partial charge is 0.273 e. The van der Waals surface area contributed by atoms with Gasteiger partial charge in [0.25, 0.3) is 5.24 Å². The van der Waals surface area contributed by atoms with Gasteiger partial charge in [0.1, 0.15) is 0 Å². The number of rotatable bonds is 4. The van der Waals surface area contributed by atoms with Crippen molar-refractivity contribution < 1.29 is 18.0 Å². The summed E-state index contributed by atoms with van der Waals surface area (Å²) >= 11 is 0.964. The van der Waals surface area contributed by atoms with Crippen molar-refractivity contribution in [2.45, 2.75) is 13.0 Å². The van der Waals surface area contributed by atoms with Crippen LogP contribution in [0.15, 0.2) is 29.7 Å². The Hall–Kier alpha value is -1.64. The first kappa shape index (κ1) is 16.2. The molecular weight excluding hydrogens is 336 g/mol. The average molecular weight is 352 g/mol. The van der Waals surface area contributed by atoms with Crippen LogP contribution in [0.2, 0.25) is 0 Å². The molecule has 2 saturated heterocycles. The number of hydrogen-bond donors (Lipinski definition) is 0. The number of nitrogens with zero attached hydrogens (tertiary/aromatic N) is 2. The molecule has 0 aliphatic carbocycles. The lowest BCUT2D eigenvalue weighted by atomic mass is 10.1. The Kier molecular flexibility index (Phi) is 4.31. The fourth-order valence-corrected chi connectivity index (χ4v) is 4.47. The molecule has 0 radical (unpaired) electrons. The summed E-state index contributed by atoms with van der Waals surface area (Å²) in [6.45, 7) is 2.29. The fraction of sp³-hybridized carbons (Fsp3) is 0.333. The van der Waals surface area contributed by atoms with Crippen molar-refractivity contribution in [2.24, 2.45) is 0 Å². The lowest BCUT2D eigenvalue weighted by molar-refractivity contribution is -0.127. The van der Waals surface area contributed by atoms with E-state index in [0.29, 0.717) is 0 Å². The third-order valence-corrected chi connectivity index (χ3v) is 6.18. The number of carbonyl (C=O) groups excluding carboxylic acids is 2. The Morgan fingerprint density at radius 1 is 1.17 bits per heavy atom. The summed E-state index contributed by atoms with van der Waals surface area (Å²) < 4.78 is 25.7. The highest BCUT2D eigenvalue weighted by Gasteiger charge is 2.44. The van der Waals surface area contributed by atoms with Gasteiger partial charge in [0.05, 0.1) is 11.8 Å². The van der Waals surface area contributed by atoms with Gasteiger partial charge in [-0.3, -0.25) is 14.5 Å². The molecular formula is C15H16N2O4S2. The molecule has 2 fully saturated rings. The van der Waals surface area contributed by atoms with E-state index in [-0.39, 0.29) is 36.0 Å². The monoisotopic (exact) mass is 352 g/mol. The first-order valence-electron chi connectivity index (χ1n) is 7.10. The van der Waals surface area contributed by atoms with Crippen molar-refractivity contribution in [3.63, 3.8) is 0 Å². The van der Waals surface area contributed by atoms with Gasteiger partial charge < -0.3 is 0 Å². The van der Waals surface area contributed by atoms with Crippen LogP contribution in [-0.4, -0.2) is 53.7 Å². The van der Waals surface area contributed by atoms with Crippen LogP contribution in [0.1, 0.15) is 11.1 Å². The molecule has 1 aromatic rings. The number of imide groups is 1. The Morgan fingerprint density at radius 2 is 1.83 bits per heavy atom. The van der Waals surface area contributed by atoms with Gasteiger partial charge in [-0.05, 0) is 18.6 Å². The molecule has 0 spiro atoms. The summed E-state index contributed by atoms with van der Waals surface area (Å²) in [6, 6.07) is 7.17. The maximum absolute atomic E-state index is 12.2. The number of sulfonamides is 1. The highest BCUT2D eigenvalue weighted by atomic mass is 32.2. The molecule has 23 heavy (non-hydrogen) atoms. The van der Waals surface area contributed by atoms with E-state index < -0.39 is 10.0 Å². The second kappa shape index (κ2) is 6.10. The van der Waals surface area contributed by atoms with Crippen LogP contribution in [0.4, 0.5) is 4.79 Å². The van der Waals surface area contributed by atoms with Gasteiger partial charge in [-0.25, -0.2) is 8.42 Å². The quantitative estimate of drug-likeness (QED) is 0.824. The van der Waals surface area contributed by atoms with E-state index in [1.165, 1.54) is 9.21 Å². The number of thioether (sulfide) groups is 1. The Bertz CT molecular complexity index is 749. The van der Waals surface area contributed by atoms with Crippen LogP contribution in [0, 0.1) is 6.92 Å². The average Bonchev–Trinajstić information content (AvgIpc) is 2.77. The van der Waals surface area contributed by atoms with Gasteiger partial charge in [0, 0.05) is 18.5 Å². The minimum Gasteiger partial charge on any atom is -0.273 e. The number of carbonyl (C=O) groups is 2. The zero-order valence-electron chi connectivity index (χ0n) is 12.5. The van der Waals surface area contributed by atoms with Crippen molar-refractivity contribution in [3.05, 3.63) is 40.8 Å². The second-order valence-corrected chi connectivity index (χ2v) is 8.29. The van der Waals surface area contributed by atoms with Gasteiger partial charge in [-0.1, -0.05) is 41.6 Å². The highest BCUT2D eigenvalue weighted by molar-refractivity contribution is 8.14. The summed E-state index contributed by atoms with van der Waals surface area (Å²) in [6.07, 6.45) is 1.55. The van der Waals surface area contributed by atoms with Gasteiger partial charge in [0.15, 0.2) is 0 Å². The Labute approximate surface area is 139 Å². The SMILES string of the molecule is Cc1ccc(/C=C/S(=O)(=O)N2CC(N3C(=O)CSC3=O)C2)cc1. The van der Waals surface area contributed by atoms with Crippen LogP contribution in [0.3, 0.4) is 0 Å². The molecule has 0 aromatic heterocycles. The molecule has 0 saturated carbocycles. The number of aryl methyl sites for hydroxylation is 1. The molecule has 0 atom stereocenters. The van der Waals surface area contributed by atoms with E-state index in [2.05, 4.69) is 0 Å². The molecule has 2 amide bonds. The zero-order chi connectivity index (χ0) is 16.6. The van der Waals surface area contributed by atoms with Crippen LogP contribution in [0.25, 0.3) is 6.08 Å². The topological polar surface area (TPSA) is 74.8 Å². The summed E-state index contributed by atoms with van der Waals surface area (Å²) in [4.78, 5) is 24.4. The molecule has 0 unspecified atom stereocenters. The standard InChI is InChI=1S/C15H16N2O4S2/c1-11-2-4-12(5-3-11)6-7-23(20,21)16-8-13(9-16)17-14(18)10-22-15(17)19/h2-7,13H,8-10H2,1H3/b7-6+. The number of amides is 2. The van der Waals surface area contributed by atoms with E-state index in [9.17, 15) is 18.0 Å². The molecule has 3 rings (SSSR count). The largest absolute Gasteiger partial charge is 0.289 e. The van der Waals surface area contributed by atoms with Crippen molar-refractivity contribution in [1.29, 1.82) is 0 Å². The lowest BCUT2D eigenvalue weighted by Gasteiger charge is -2.40. The maximum Gasteiger partial charge on any atom is 0.289 e. The van der Waals surface area contributed by atoms with Crippen LogP contribution in [0.5, 0.6) is 0 Å². The molecule has 1 aromatic carbocycles. The van der Waals surface area contributed by atoms with E-state index >= 15 is 0 Å². The minimum absolute atomic E-state index is 0.148. The summed E-state index contributed by atoms with van der Waals surface area (Å²) in [5, 5.41) is 0.878. The van der Waals surface area contributed by atoms with Gasteiger partial charge in [0.2, 0.25) is 15.9 Å². The van der Waals surface area contributed by atoms with E-state index in [1.807, 2.05) is 31.2 Å². The Morgan fingerprint density at radius 3 is 2.39 bits per heavy atom. The van der Waals surface area contributed by atoms with Gasteiger partial charge in [-0.2, -0.15) is 4.31 Å². The van der Waals surface area contributed by atoms with Crippen molar-refractivity contribution in [1.82, 2.24) is 9.21 Å². The predicted molar refractivity (Wildman–Crippen MR) is 89.2 cm³/mol. The molecule has 2 aliphatic heterocycles. The second-order valence-electron chi connectivity index (χ2n) is 5.55. The van der Waals surface area contributed by atoms with Crippen LogP contribution >= 0.6 is 11.8 Å². The molecule has 2 aliphatic rings. The molecule has 0 bridgehead atoms. The zero-order valence-corrected chi connectivity index (χ0v) is 14.1. The Balaban J connectivity index is 1.63. The first-order valence-corrected chi connectivity index (χ1v) is 9.59. The minimum atomic E-state index is -3.53. The van der Waals surface area contributed by atoms with Crippen molar-refractivity contribution >= 4 is 39.0 Å². The molecule has 8 heteroatoms. The van der Waals surface area contributed by atoms with E-state index in [0.717, 1.165) is 28.3 Å². The van der Waals surface area contributed by atoms with Crippen molar-refractivity contribution in [3.8, 4) is 0 Å². The molecule has 0 N–H and O–H groups in total. The predicted octanol–water partition coefficient (Wildman–Crippen LogP) is 1.68. The third kappa shape index (κ3) is 3.34. The van der Waals surface area contributed by atoms with Crippen LogP contribution in [-0.2, 0) is 14.8 Å². The third-order valence-electron chi connectivity index (χ3n) is 3.85. The fourth-order valence-electron chi connectivity index (χ4n) is 2.43. The summed E-state index contributed by atoms with van der Waals surface area (Å²) in [5.74, 6) is -0.0904. The van der Waals surface area contributed by atoms with Crippen molar-refractivity contribution in [2.75, 3.05) is 18.8 Å². The molecule has 122 valence electrons. The molecule has 2 heterocycles. The molecule has 6 nitrogen and oxygen atoms in total. The van der Waals surface area contributed by atoms with E-state index in [1.54, 1.807) is 6.08 Å².